The van der Waals surface area contributed by atoms with Crippen molar-refractivity contribution in [1.82, 2.24) is 5.32 Å². The molecule has 1 heterocycles. The van der Waals surface area contributed by atoms with Crippen molar-refractivity contribution in [3.05, 3.63) is 35.9 Å². The molecule has 2 unspecified atom stereocenters. The van der Waals surface area contributed by atoms with Crippen LogP contribution in [0.1, 0.15) is 51.6 Å². The highest BCUT2D eigenvalue weighted by molar-refractivity contribution is 5.84. The van der Waals surface area contributed by atoms with Crippen LogP contribution in [0, 0.1) is 17.8 Å². The lowest BCUT2D eigenvalue weighted by atomic mass is 9.75. The van der Waals surface area contributed by atoms with E-state index in [0.29, 0.717) is 17.8 Å². The normalized spacial score (nSPS) is 32.2. The molecule has 0 spiro atoms. The highest BCUT2D eigenvalue weighted by Gasteiger charge is 2.43. The number of cyclic esters (lactones) is 1. The van der Waals surface area contributed by atoms with Gasteiger partial charge in [0.25, 0.3) is 0 Å². The summed E-state index contributed by atoms with van der Waals surface area (Å²) < 4.78 is 11.1. The molecule has 1 aromatic rings. The van der Waals surface area contributed by atoms with Crippen molar-refractivity contribution in [2.24, 2.45) is 17.8 Å². The summed E-state index contributed by atoms with van der Waals surface area (Å²) in [5.41, 5.74) is 0.840. The van der Waals surface area contributed by atoms with Crippen LogP contribution < -0.4 is 5.32 Å². The van der Waals surface area contributed by atoms with Crippen molar-refractivity contribution in [2.75, 3.05) is 0 Å². The number of benzene rings is 1. The molecule has 5 nitrogen and oxygen atoms in total. The third kappa shape index (κ3) is 3.97. The first-order valence-corrected chi connectivity index (χ1v) is 9.18. The van der Waals surface area contributed by atoms with Gasteiger partial charge in [-0.25, -0.2) is 9.59 Å². The summed E-state index contributed by atoms with van der Waals surface area (Å²) in [5.74, 6) is 0.916. The summed E-state index contributed by atoms with van der Waals surface area (Å²) in [5, 5.41) is 2.72. The molecule has 1 saturated carbocycles. The van der Waals surface area contributed by atoms with Crippen molar-refractivity contribution >= 4 is 12.1 Å². The molecule has 2 fully saturated rings. The molecule has 1 aliphatic carbocycles. The third-order valence-electron chi connectivity index (χ3n) is 5.43. The fourth-order valence-electron chi connectivity index (χ4n) is 3.99. The van der Waals surface area contributed by atoms with E-state index < -0.39 is 24.2 Å². The van der Waals surface area contributed by atoms with Gasteiger partial charge in [0.05, 0.1) is 0 Å². The van der Waals surface area contributed by atoms with E-state index in [2.05, 4.69) is 26.1 Å². The van der Waals surface area contributed by atoms with Crippen LogP contribution in [0.5, 0.6) is 0 Å². The van der Waals surface area contributed by atoms with Gasteiger partial charge in [0, 0.05) is 0 Å². The Morgan fingerprint density at radius 1 is 1.24 bits per heavy atom. The van der Waals surface area contributed by atoms with Crippen molar-refractivity contribution < 1.29 is 19.1 Å². The second-order valence-corrected chi connectivity index (χ2v) is 7.66. The van der Waals surface area contributed by atoms with Crippen LogP contribution in [-0.2, 0) is 14.3 Å². The Labute approximate surface area is 149 Å². The first-order chi connectivity index (χ1) is 12.0. The predicted molar refractivity (Wildman–Crippen MR) is 93.8 cm³/mol. The average Bonchev–Trinajstić information content (AvgIpc) is 2.97. The molecule has 0 aromatic heterocycles. The quantitative estimate of drug-likeness (QED) is 0.842. The molecule has 5 atom stereocenters. The number of alkyl carbamates (subject to hydrolysis) is 1. The summed E-state index contributed by atoms with van der Waals surface area (Å²) in [4.78, 5) is 24.5. The van der Waals surface area contributed by atoms with Crippen LogP contribution in [0.3, 0.4) is 0 Å². The molecule has 0 radical (unpaired) electrons. The zero-order valence-electron chi connectivity index (χ0n) is 15.1. The Hall–Kier alpha value is -2.04. The molecule has 1 amide bonds. The topological polar surface area (TPSA) is 64.6 Å². The number of rotatable bonds is 4. The number of nitrogens with one attached hydrogen (secondary N) is 1. The van der Waals surface area contributed by atoms with Crippen LogP contribution in [0.15, 0.2) is 30.3 Å². The van der Waals surface area contributed by atoms with E-state index in [0.717, 1.165) is 18.4 Å². The van der Waals surface area contributed by atoms with Crippen LogP contribution >= 0.6 is 0 Å². The highest BCUT2D eigenvalue weighted by Crippen LogP contribution is 2.36. The van der Waals surface area contributed by atoms with Gasteiger partial charge in [-0.3, -0.25) is 0 Å². The first kappa shape index (κ1) is 17.8. The maximum Gasteiger partial charge on any atom is 0.408 e. The predicted octanol–water partition coefficient (Wildman–Crippen LogP) is 3.84. The summed E-state index contributed by atoms with van der Waals surface area (Å²) in [7, 11) is 0. The number of esters is 1. The first-order valence-electron chi connectivity index (χ1n) is 9.18. The van der Waals surface area contributed by atoms with Crippen LogP contribution in [0.25, 0.3) is 0 Å². The molecule has 3 rings (SSSR count). The van der Waals surface area contributed by atoms with E-state index in [-0.39, 0.29) is 6.10 Å². The Bertz CT molecular complexity index is 615. The number of amides is 1. The molecule has 5 heteroatoms. The summed E-state index contributed by atoms with van der Waals surface area (Å²) in [6.45, 7) is 6.54. The maximum absolute atomic E-state index is 12.8. The standard InChI is InChI=1S/C20H27NO4/c1-12(2)15-10-9-13(3)11-16(15)24-19(22)18-17(21-20(23)25-18)14-7-5-4-6-8-14/h4-8,12-13,15-18H,9-11H2,1-3H3,(H,21,23)/t13-,15+,16-,17?,18?/m0/s1. The monoisotopic (exact) mass is 345 g/mol. The molecular formula is C20H27NO4. The second kappa shape index (κ2) is 7.46. The lowest BCUT2D eigenvalue weighted by molar-refractivity contribution is -0.165. The van der Waals surface area contributed by atoms with E-state index in [1.807, 2.05) is 30.3 Å². The molecule has 2 aliphatic rings. The minimum Gasteiger partial charge on any atom is -0.459 e. The molecule has 1 saturated heterocycles. The number of hydrogen-bond acceptors (Lipinski definition) is 4. The maximum atomic E-state index is 12.8. The lowest BCUT2D eigenvalue weighted by Gasteiger charge is -2.37. The molecule has 1 aromatic carbocycles. The largest absolute Gasteiger partial charge is 0.459 e. The molecular weight excluding hydrogens is 318 g/mol. The Morgan fingerprint density at radius 3 is 2.64 bits per heavy atom. The zero-order chi connectivity index (χ0) is 18.0. The van der Waals surface area contributed by atoms with Crippen LogP contribution in [0.2, 0.25) is 0 Å². The van der Waals surface area contributed by atoms with Gasteiger partial charge in [-0.1, -0.05) is 57.5 Å². The van der Waals surface area contributed by atoms with Gasteiger partial charge in [0.15, 0.2) is 0 Å². The fourth-order valence-corrected chi connectivity index (χ4v) is 3.99. The minimum absolute atomic E-state index is 0.105. The minimum atomic E-state index is -0.931. The van der Waals surface area contributed by atoms with E-state index in [9.17, 15) is 9.59 Å². The molecule has 1 N–H and O–H groups in total. The number of carbonyl (C=O) groups excluding carboxylic acids is 2. The number of ether oxygens (including phenoxy) is 2. The Morgan fingerprint density at radius 2 is 1.96 bits per heavy atom. The molecule has 136 valence electrons. The number of carbonyl (C=O) groups is 2. The van der Waals surface area contributed by atoms with Gasteiger partial charge in [-0.05, 0) is 36.2 Å². The van der Waals surface area contributed by atoms with E-state index >= 15 is 0 Å². The van der Waals surface area contributed by atoms with Gasteiger partial charge < -0.3 is 14.8 Å². The molecule has 25 heavy (non-hydrogen) atoms. The summed E-state index contributed by atoms with van der Waals surface area (Å²) in [6.07, 6.45) is 1.50. The SMILES string of the molecule is CC(C)[C@H]1CC[C@H](C)C[C@@H]1OC(=O)C1OC(=O)NC1c1ccccc1. The van der Waals surface area contributed by atoms with Crippen molar-refractivity contribution in [3.8, 4) is 0 Å². The van der Waals surface area contributed by atoms with Crippen LogP contribution in [-0.4, -0.2) is 24.3 Å². The Balaban J connectivity index is 1.73. The molecule has 1 aliphatic heterocycles. The summed E-state index contributed by atoms with van der Waals surface area (Å²) in [6, 6.07) is 8.89. The smallest absolute Gasteiger partial charge is 0.408 e. The summed E-state index contributed by atoms with van der Waals surface area (Å²) >= 11 is 0. The Kier molecular flexibility index (Phi) is 5.30. The van der Waals surface area contributed by atoms with E-state index in [4.69, 9.17) is 9.47 Å². The van der Waals surface area contributed by atoms with Gasteiger partial charge in [0.2, 0.25) is 6.10 Å². The fraction of sp³-hybridized carbons (Fsp3) is 0.600. The van der Waals surface area contributed by atoms with Crippen molar-refractivity contribution in [3.63, 3.8) is 0 Å². The van der Waals surface area contributed by atoms with Crippen molar-refractivity contribution in [2.45, 2.75) is 58.3 Å². The van der Waals surface area contributed by atoms with Crippen molar-refractivity contribution in [1.29, 1.82) is 0 Å². The van der Waals surface area contributed by atoms with Gasteiger partial charge in [-0.15, -0.1) is 0 Å². The molecule has 0 bridgehead atoms. The highest BCUT2D eigenvalue weighted by atomic mass is 16.6. The van der Waals surface area contributed by atoms with E-state index in [1.165, 1.54) is 6.42 Å². The number of hydrogen-bond donors (Lipinski definition) is 1. The zero-order valence-corrected chi connectivity index (χ0v) is 15.1. The lowest BCUT2D eigenvalue weighted by Crippen LogP contribution is -2.40. The average molecular weight is 345 g/mol. The van der Waals surface area contributed by atoms with E-state index in [1.54, 1.807) is 0 Å². The van der Waals surface area contributed by atoms with Gasteiger partial charge in [0.1, 0.15) is 12.1 Å². The van der Waals surface area contributed by atoms with Crippen LogP contribution in [0.4, 0.5) is 4.79 Å². The second-order valence-electron chi connectivity index (χ2n) is 7.66. The third-order valence-corrected chi connectivity index (χ3v) is 5.43. The van der Waals surface area contributed by atoms with Gasteiger partial charge >= 0.3 is 12.1 Å². The van der Waals surface area contributed by atoms with Gasteiger partial charge in [-0.2, -0.15) is 0 Å².